The van der Waals surface area contributed by atoms with Crippen molar-refractivity contribution in [2.75, 3.05) is 13.2 Å². The lowest BCUT2D eigenvalue weighted by Crippen LogP contribution is -2.38. The Morgan fingerprint density at radius 1 is 1.13 bits per heavy atom. The fourth-order valence-electron chi connectivity index (χ4n) is 4.02. The van der Waals surface area contributed by atoms with E-state index in [4.69, 9.17) is 9.47 Å². The third kappa shape index (κ3) is 4.30. The fraction of sp³-hybridized carbons (Fsp3) is 0.391. The fourth-order valence-corrected chi connectivity index (χ4v) is 4.02. The van der Waals surface area contributed by atoms with Crippen molar-refractivity contribution >= 4 is 11.9 Å². The van der Waals surface area contributed by atoms with Crippen LogP contribution in [0.15, 0.2) is 42.5 Å². The van der Waals surface area contributed by atoms with Crippen molar-refractivity contribution in [2.45, 2.75) is 32.4 Å². The Balaban J connectivity index is 1.30. The highest BCUT2D eigenvalue weighted by molar-refractivity contribution is 5.86. The first kappa shape index (κ1) is 20.3. The van der Waals surface area contributed by atoms with Gasteiger partial charge in [-0.15, -0.1) is 0 Å². The van der Waals surface area contributed by atoms with Crippen LogP contribution in [0.1, 0.15) is 24.0 Å². The molecule has 0 radical (unpaired) electrons. The second-order valence-corrected chi connectivity index (χ2v) is 7.84. The van der Waals surface area contributed by atoms with Crippen LogP contribution in [-0.2, 0) is 20.9 Å². The highest BCUT2D eigenvalue weighted by Crippen LogP contribution is 2.52. The first-order valence-electron chi connectivity index (χ1n) is 10.0. The highest BCUT2D eigenvalue weighted by atomic mass is 19.2. The number of nitrogens with zero attached hydrogens (tertiary/aromatic N) is 1. The molecule has 3 atom stereocenters. The number of amides is 1. The van der Waals surface area contributed by atoms with E-state index < -0.39 is 17.6 Å². The molecular formula is C23H23F2NO4. The van der Waals surface area contributed by atoms with E-state index in [1.165, 1.54) is 17.0 Å². The number of piperidine rings is 1. The molecule has 0 bridgehead atoms. The summed E-state index contributed by atoms with van der Waals surface area (Å²) in [5.74, 6) is -1.80. The Kier molecular flexibility index (Phi) is 5.70. The molecule has 4 rings (SSSR count). The van der Waals surface area contributed by atoms with Crippen LogP contribution in [0.3, 0.4) is 0 Å². The van der Waals surface area contributed by atoms with Crippen molar-refractivity contribution in [3.63, 3.8) is 0 Å². The standard InChI is InChI=1S/C23H23F2NO4/c1-14-5-7-16(8-6-14)29-9-10-30-21(27)12-20-17-11-18(17)23(28)26(20)13-15-3-2-4-19(24)22(15)25/h2-8,17-18,20H,9-13H2,1H3. The molecule has 0 spiro atoms. The van der Waals surface area contributed by atoms with Crippen LogP contribution in [0.4, 0.5) is 8.78 Å². The maximum absolute atomic E-state index is 14.0. The lowest BCUT2D eigenvalue weighted by molar-refractivity contribution is -0.146. The number of hydrogen-bond acceptors (Lipinski definition) is 4. The van der Waals surface area contributed by atoms with Crippen molar-refractivity contribution in [2.24, 2.45) is 11.8 Å². The molecule has 1 aliphatic carbocycles. The number of carbonyl (C=O) groups excluding carboxylic acids is 2. The van der Waals surface area contributed by atoms with Crippen LogP contribution < -0.4 is 4.74 Å². The summed E-state index contributed by atoms with van der Waals surface area (Å²) in [7, 11) is 0. The van der Waals surface area contributed by atoms with Crippen molar-refractivity contribution in [3.05, 3.63) is 65.2 Å². The Labute approximate surface area is 173 Å². The van der Waals surface area contributed by atoms with Gasteiger partial charge in [-0.25, -0.2) is 8.78 Å². The molecule has 30 heavy (non-hydrogen) atoms. The number of rotatable bonds is 8. The largest absolute Gasteiger partial charge is 0.490 e. The van der Waals surface area contributed by atoms with Gasteiger partial charge >= 0.3 is 5.97 Å². The molecule has 1 aliphatic heterocycles. The van der Waals surface area contributed by atoms with Gasteiger partial charge in [0.2, 0.25) is 5.91 Å². The Bertz CT molecular complexity index is 947. The third-order valence-electron chi connectivity index (χ3n) is 5.72. The number of halogens is 2. The van der Waals surface area contributed by atoms with Crippen molar-refractivity contribution in [1.29, 1.82) is 0 Å². The first-order valence-corrected chi connectivity index (χ1v) is 10.0. The molecule has 0 aromatic heterocycles. The van der Waals surface area contributed by atoms with E-state index in [0.717, 1.165) is 18.1 Å². The molecule has 0 N–H and O–H groups in total. The zero-order valence-electron chi connectivity index (χ0n) is 16.6. The summed E-state index contributed by atoms with van der Waals surface area (Å²) in [6.07, 6.45) is 0.768. The summed E-state index contributed by atoms with van der Waals surface area (Å²) in [5, 5.41) is 0. The van der Waals surface area contributed by atoms with E-state index in [9.17, 15) is 18.4 Å². The predicted molar refractivity (Wildman–Crippen MR) is 105 cm³/mol. The van der Waals surface area contributed by atoms with Gasteiger partial charge in [-0.2, -0.15) is 0 Å². The van der Waals surface area contributed by atoms with E-state index in [-0.39, 0.29) is 55.5 Å². The minimum Gasteiger partial charge on any atom is -0.490 e. The van der Waals surface area contributed by atoms with E-state index in [1.54, 1.807) is 0 Å². The number of ether oxygens (including phenoxy) is 2. The molecule has 1 saturated carbocycles. The first-order chi connectivity index (χ1) is 14.4. The maximum Gasteiger partial charge on any atom is 0.308 e. The Hall–Kier alpha value is -2.96. The maximum atomic E-state index is 14.0. The Morgan fingerprint density at radius 3 is 2.67 bits per heavy atom. The molecule has 2 aromatic rings. The van der Waals surface area contributed by atoms with Crippen molar-refractivity contribution in [3.8, 4) is 5.75 Å². The summed E-state index contributed by atoms with van der Waals surface area (Å²) in [6, 6.07) is 11.1. The summed E-state index contributed by atoms with van der Waals surface area (Å²) < 4.78 is 38.3. The third-order valence-corrected chi connectivity index (χ3v) is 5.72. The van der Waals surface area contributed by atoms with Gasteiger partial charge < -0.3 is 14.4 Å². The van der Waals surface area contributed by atoms with Crippen LogP contribution in [0, 0.1) is 30.4 Å². The van der Waals surface area contributed by atoms with Gasteiger partial charge in [-0.1, -0.05) is 29.8 Å². The van der Waals surface area contributed by atoms with Crippen molar-refractivity contribution < 1.29 is 27.8 Å². The smallest absolute Gasteiger partial charge is 0.308 e. The van der Waals surface area contributed by atoms with Crippen LogP contribution in [0.2, 0.25) is 0 Å². The SMILES string of the molecule is Cc1ccc(OCCOC(=O)CC2C3CC3C(=O)N2Cc2cccc(F)c2F)cc1. The van der Waals surface area contributed by atoms with E-state index in [0.29, 0.717) is 5.75 Å². The minimum absolute atomic E-state index is 0.0361. The lowest BCUT2D eigenvalue weighted by Gasteiger charge is -2.27. The number of hydrogen-bond donors (Lipinski definition) is 0. The van der Waals surface area contributed by atoms with Crippen LogP contribution in [-0.4, -0.2) is 36.0 Å². The lowest BCUT2D eigenvalue weighted by atomic mass is 10.1. The molecule has 7 heteroatoms. The van der Waals surface area contributed by atoms with E-state index in [1.807, 2.05) is 31.2 Å². The second kappa shape index (κ2) is 8.42. The van der Waals surface area contributed by atoms with E-state index >= 15 is 0 Å². The average Bonchev–Trinajstić information content (AvgIpc) is 3.48. The molecule has 1 saturated heterocycles. The highest BCUT2D eigenvalue weighted by Gasteiger charge is 2.58. The predicted octanol–water partition coefficient (Wildman–Crippen LogP) is 3.63. The quantitative estimate of drug-likeness (QED) is 0.488. The average molecular weight is 415 g/mol. The zero-order valence-corrected chi connectivity index (χ0v) is 16.6. The summed E-state index contributed by atoms with van der Waals surface area (Å²) in [4.78, 5) is 26.3. The normalized spacial score (nSPS) is 22.0. The summed E-state index contributed by atoms with van der Waals surface area (Å²) in [6.45, 7) is 2.25. The number of aryl methyl sites for hydroxylation is 1. The number of benzene rings is 2. The minimum atomic E-state index is -0.958. The second-order valence-electron chi connectivity index (χ2n) is 7.84. The molecule has 1 heterocycles. The van der Waals surface area contributed by atoms with Crippen LogP contribution in [0.25, 0.3) is 0 Å². The Morgan fingerprint density at radius 2 is 1.90 bits per heavy atom. The van der Waals surface area contributed by atoms with Crippen LogP contribution in [0.5, 0.6) is 5.75 Å². The summed E-state index contributed by atoms with van der Waals surface area (Å²) in [5.41, 5.74) is 1.23. The molecule has 5 nitrogen and oxygen atoms in total. The molecule has 158 valence electrons. The molecule has 3 unspecified atom stereocenters. The van der Waals surface area contributed by atoms with Crippen LogP contribution >= 0.6 is 0 Å². The number of carbonyl (C=O) groups is 2. The van der Waals surface area contributed by atoms with Gasteiger partial charge in [-0.05, 0) is 37.5 Å². The van der Waals surface area contributed by atoms with Gasteiger partial charge in [0.25, 0.3) is 0 Å². The van der Waals surface area contributed by atoms with Gasteiger partial charge in [0.05, 0.1) is 6.42 Å². The molecule has 1 amide bonds. The van der Waals surface area contributed by atoms with Gasteiger partial charge in [0.1, 0.15) is 19.0 Å². The molecular weight excluding hydrogens is 392 g/mol. The van der Waals surface area contributed by atoms with Crippen molar-refractivity contribution in [1.82, 2.24) is 4.90 Å². The van der Waals surface area contributed by atoms with E-state index in [2.05, 4.69) is 0 Å². The topological polar surface area (TPSA) is 55.8 Å². The number of likely N-dealkylation sites (tertiary alicyclic amines) is 1. The van der Waals surface area contributed by atoms with Gasteiger partial charge in [-0.3, -0.25) is 9.59 Å². The monoisotopic (exact) mass is 415 g/mol. The number of fused-ring (bicyclic) bond motifs is 1. The molecule has 2 aromatic carbocycles. The molecule has 2 fully saturated rings. The van der Waals surface area contributed by atoms with Gasteiger partial charge in [0, 0.05) is 24.1 Å². The number of esters is 1. The summed E-state index contributed by atoms with van der Waals surface area (Å²) >= 11 is 0. The van der Waals surface area contributed by atoms with Gasteiger partial charge in [0.15, 0.2) is 11.6 Å². The zero-order chi connectivity index (χ0) is 21.3. The molecule has 2 aliphatic rings.